The van der Waals surface area contributed by atoms with Gasteiger partial charge in [-0.25, -0.2) is 0 Å². The van der Waals surface area contributed by atoms with Crippen molar-refractivity contribution >= 4 is 36.1 Å². The van der Waals surface area contributed by atoms with Crippen molar-refractivity contribution in [1.29, 1.82) is 0 Å². The number of benzene rings is 2. The maximum atomic E-state index is 6.20. The van der Waals surface area contributed by atoms with Crippen molar-refractivity contribution in [3.8, 4) is 11.1 Å². The maximum Gasteiger partial charge on any atom is 0.494 e. The SMILES string of the molecule is CC1(C)OB(c2ccc(-c3cnc4cc(B5OC(C)(C)C(C)(C)O5)ccc4c3)cc2)OC1(C)C. The minimum absolute atomic E-state index is 0.350. The molecule has 176 valence electrons. The number of rotatable bonds is 3. The third-order valence-electron chi connectivity index (χ3n) is 8.00. The van der Waals surface area contributed by atoms with Gasteiger partial charge in [0, 0.05) is 17.1 Å². The van der Waals surface area contributed by atoms with Gasteiger partial charge in [0.1, 0.15) is 0 Å². The van der Waals surface area contributed by atoms with E-state index in [2.05, 4.69) is 104 Å². The number of hydrogen-bond donors (Lipinski definition) is 0. The highest BCUT2D eigenvalue weighted by atomic mass is 16.7. The Bertz CT molecular complexity index is 1210. The number of pyridine rings is 1. The van der Waals surface area contributed by atoms with Crippen LogP contribution in [-0.2, 0) is 18.6 Å². The largest absolute Gasteiger partial charge is 0.494 e. The maximum absolute atomic E-state index is 6.20. The standard InChI is InChI=1S/C27H33B2NO4/c1-24(2)25(3,4)32-28(31-24)21-12-9-18(10-13-21)20-15-19-11-14-22(16-23(19)30-17-20)29-33-26(5,6)27(7,8)34-29/h9-17H,1-8H3. The molecule has 5 rings (SSSR count). The smallest absolute Gasteiger partial charge is 0.399 e. The summed E-state index contributed by atoms with van der Waals surface area (Å²) in [4.78, 5) is 4.74. The summed E-state index contributed by atoms with van der Waals surface area (Å²) >= 11 is 0. The van der Waals surface area contributed by atoms with Crippen molar-refractivity contribution in [2.75, 3.05) is 0 Å². The van der Waals surface area contributed by atoms with Gasteiger partial charge in [0.25, 0.3) is 0 Å². The molecule has 0 amide bonds. The third-order valence-corrected chi connectivity index (χ3v) is 8.00. The molecule has 0 unspecified atom stereocenters. The van der Waals surface area contributed by atoms with Gasteiger partial charge >= 0.3 is 14.2 Å². The van der Waals surface area contributed by atoms with Crippen LogP contribution in [0.4, 0.5) is 0 Å². The predicted molar refractivity (Wildman–Crippen MR) is 139 cm³/mol. The highest BCUT2D eigenvalue weighted by Crippen LogP contribution is 2.37. The van der Waals surface area contributed by atoms with Gasteiger partial charge < -0.3 is 18.6 Å². The molecule has 2 aliphatic rings. The zero-order chi connectivity index (χ0) is 24.5. The van der Waals surface area contributed by atoms with Crippen LogP contribution in [0.2, 0.25) is 0 Å². The lowest BCUT2D eigenvalue weighted by atomic mass is 9.78. The Morgan fingerprint density at radius 3 is 1.56 bits per heavy atom. The van der Waals surface area contributed by atoms with E-state index in [0.717, 1.165) is 33.0 Å². The van der Waals surface area contributed by atoms with Crippen molar-refractivity contribution in [2.45, 2.75) is 77.8 Å². The first kappa shape index (κ1) is 23.6. The summed E-state index contributed by atoms with van der Waals surface area (Å²) in [5.74, 6) is 0. The molecule has 2 aliphatic heterocycles. The van der Waals surface area contributed by atoms with Crippen LogP contribution in [0, 0.1) is 0 Å². The molecule has 0 N–H and O–H groups in total. The average Bonchev–Trinajstić information content (AvgIpc) is 3.12. The zero-order valence-corrected chi connectivity index (χ0v) is 21.4. The first-order valence-electron chi connectivity index (χ1n) is 12.0. The third kappa shape index (κ3) is 3.89. The van der Waals surface area contributed by atoms with E-state index >= 15 is 0 Å². The number of fused-ring (bicyclic) bond motifs is 1. The topological polar surface area (TPSA) is 49.8 Å². The number of nitrogens with zero attached hydrogens (tertiary/aromatic N) is 1. The Balaban J connectivity index is 1.37. The van der Waals surface area contributed by atoms with Crippen molar-refractivity contribution in [1.82, 2.24) is 4.98 Å². The van der Waals surface area contributed by atoms with Crippen LogP contribution in [0.15, 0.2) is 54.7 Å². The minimum atomic E-state index is -0.390. The lowest BCUT2D eigenvalue weighted by Crippen LogP contribution is -2.41. The Kier molecular flexibility index (Phi) is 5.31. The molecule has 0 spiro atoms. The Morgan fingerprint density at radius 1 is 0.559 bits per heavy atom. The molecule has 0 saturated carbocycles. The molecular formula is C27H33B2NO4. The van der Waals surface area contributed by atoms with Crippen LogP contribution < -0.4 is 10.9 Å². The highest BCUT2D eigenvalue weighted by Gasteiger charge is 2.52. The lowest BCUT2D eigenvalue weighted by molar-refractivity contribution is 0.00578. The molecule has 0 radical (unpaired) electrons. The summed E-state index contributed by atoms with van der Waals surface area (Å²) in [7, 11) is -0.749. The van der Waals surface area contributed by atoms with E-state index < -0.39 is 7.12 Å². The summed E-state index contributed by atoms with van der Waals surface area (Å²) in [6.07, 6.45) is 1.92. The van der Waals surface area contributed by atoms with E-state index in [1.165, 1.54) is 0 Å². The monoisotopic (exact) mass is 457 g/mol. The molecule has 5 nitrogen and oxygen atoms in total. The summed E-state index contributed by atoms with van der Waals surface area (Å²) < 4.78 is 24.8. The quantitative estimate of drug-likeness (QED) is 0.543. The van der Waals surface area contributed by atoms with E-state index in [4.69, 9.17) is 23.6 Å². The summed E-state index contributed by atoms with van der Waals surface area (Å²) in [5, 5.41) is 1.08. The van der Waals surface area contributed by atoms with Crippen LogP contribution in [0.5, 0.6) is 0 Å². The molecule has 0 bridgehead atoms. The van der Waals surface area contributed by atoms with Crippen LogP contribution in [0.1, 0.15) is 55.4 Å². The van der Waals surface area contributed by atoms with Crippen molar-refractivity contribution in [3.05, 3.63) is 54.7 Å². The second-order valence-electron chi connectivity index (χ2n) is 11.5. The fraction of sp³-hybridized carbons (Fsp3) is 0.444. The Hall–Kier alpha value is -2.18. The van der Waals surface area contributed by atoms with Gasteiger partial charge in [-0.3, -0.25) is 4.98 Å². The van der Waals surface area contributed by atoms with Crippen LogP contribution >= 0.6 is 0 Å². The molecule has 3 heterocycles. The molecule has 1 aromatic heterocycles. The van der Waals surface area contributed by atoms with Gasteiger partial charge in [-0.05, 0) is 84.0 Å². The second-order valence-corrected chi connectivity index (χ2v) is 11.5. The van der Waals surface area contributed by atoms with Crippen LogP contribution in [0.3, 0.4) is 0 Å². The average molecular weight is 457 g/mol. The summed E-state index contributed by atoms with van der Waals surface area (Å²) in [6, 6.07) is 16.7. The van der Waals surface area contributed by atoms with E-state index in [1.807, 2.05) is 6.20 Å². The minimum Gasteiger partial charge on any atom is -0.399 e. The van der Waals surface area contributed by atoms with Crippen molar-refractivity contribution < 1.29 is 18.6 Å². The second kappa shape index (κ2) is 7.66. The molecular weight excluding hydrogens is 424 g/mol. The van der Waals surface area contributed by atoms with Gasteiger partial charge in [0.2, 0.25) is 0 Å². The highest BCUT2D eigenvalue weighted by molar-refractivity contribution is 6.62. The molecule has 0 atom stereocenters. The van der Waals surface area contributed by atoms with E-state index in [0.29, 0.717) is 0 Å². The fourth-order valence-corrected chi connectivity index (χ4v) is 4.23. The molecule has 2 fully saturated rings. The number of aromatic nitrogens is 1. The first-order chi connectivity index (χ1) is 15.8. The van der Waals surface area contributed by atoms with Crippen LogP contribution in [0.25, 0.3) is 22.0 Å². The van der Waals surface area contributed by atoms with Gasteiger partial charge in [-0.2, -0.15) is 0 Å². The first-order valence-corrected chi connectivity index (χ1v) is 12.0. The molecule has 2 aromatic carbocycles. The molecule has 7 heteroatoms. The molecule has 2 saturated heterocycles. The number of hydrogen-bond acceptors (Lipinski definition) is 5. The molecule has 0 aliphatic carbocycles. The van der Waals surface area contributed by atoms with Gasteiger partial charge in [0.05, 0.1) is 27.9 Å². The van der Waals surface area contributed by atoms with Gasteiger partial charge in [0.15, 0.2) is 0 Å². The van der Waals surface area contributed by atoms with Crippen molar-refractivity contribution in [2.24, 2.45) is 0 Å². The normalized spacial score (nSPS) is 22.5. The van der Waals surface area contributed by atoms with Crippen molar-refractivity contribution in [3.63, 3.8) is 0 Å². The molecule has 34 heavy (non-hydrogen) atoms. The van der Waals surface area contributed by atoms with Gasteiger partial charge in [-0.15, -0.1) is 0 Å². The fourth-order valence-electron chi connectivity index (χ4n) is 4.23. The summed E-state index contributed by atoms with van der Waals surface area (Å²) in [6.45, 7) is 16.5. The van der Waals surface area contributed by atoms with Crippen LogP contribution in [-0.4, -0.2) is 41.6 Å². The lowest BCUT2D eigenvalue weighted by Gasteiger charge is -2.32. The van der Waals surface area contributed by atoms with E-state index in [1.54, 1.807) is 0 Å². The van der Waals surface area contributed by atoms with Gasteiger partial charge in [-0.1, -0.05) is 36.4 Å². The Labute approximate surface area is 203 Å². The predicted octanol–water partition coefficient (Wildman–Crippen LogP) is 4.50. The Morgan fingerprint density at radius 2 is 1.03 bits per heavy atom. The summed E-state index contributed by atoms with van der Waals surface area (Å²) in [5.41, 5.74) is 3.66. The van der Waals surface area contributed by atoms with E-state index in [9.17, 15) is 0 Å². The zero-order valence-electron chi connectivity index (χ0n) is 21.4. The van der Waals surface area contributed by atoms with E-state index in [-0.39, 0.29) is 29.5 Å². The molecule has 3 aromatic rings.